The van der Waals surface area contributed by atoms with Gasteiger partial charge in [0.1, 0.15) is 5.65 Å². The summed E-state index contributed by atoms with van der Waals surface area (Å²) in [5, 5.41) is 0.267. The lowest BCUT2D eigenvalue weighted by Gasteiger charge is -2.06. The van der Waals surface area contributed by atoms with Gasteiger partial charge in [0.2, 0.25) is 0 Å². The molecule has 0 saturated carbocycles. The van der Waals surface area contributed by atoms with Crippen molar-refractivity contribution in [3.63, 3.8) is 0 Å². The van der Waals surface area contributed by atoms with Gasteiger partial charge in [-0.2, -0.15) is 0 Å². The Morgan fingerprint density at radius 2 is 2.25 bits per heavy atom. The van der Waals surface area contributed by atoms with Crippen molar-refractivity contribution in [1.82, 2.24) is 9.38 Å². The lowest BCUT2D eigenvalue weighted by atomic mass is 10.3. The van der Waals surface area contributed by atoms with Crippen molar-refractivity contribution < 1.29 is 14.3 Å². The number of primary amides is 1. The second-order valence-electron chi connectivity index (χ2n) is 4.03. The highest BCUT2D eigenvalue weighted by atomic mass is 35.5. The lowest BCUT2D eigenvalue weighted by Crippen LogP contribution is -2.29. The van der Waals surface area contributed by atoms with Crippen LogP contribution < -0.4 is 5.73 Å². The van der Waals surface area contributed by atoms with Crippen molar-refractivity contribution in [2.24, 2.45) is 5.73 Å². The Kier molecular flexibility index (Phi) is 4.05. The number of halogens is 1. The van der Waals surface area contributed by atoms with Gasteiger partial charge in [-0.25, -0.2) is 9.78 Å². The monoisotopic (exact) mass is 293 g/mol. The molecule has 104 valence electrons. The maximum Gasteiger partial charge on any atom is 0.331 e. The average molecular weight is 294 g/mol. The molecule has 1 atom stereocenters. The summed E-state index contributed by atoms with van der Waals surface area (Å²) in [6.07, 6.45) is 3.43. The van der Waals surface area contributed by atoms with E-state index in [-0.39, 0.29) is 5.15 Å². The second kappa shape index (κ2) is 5.75. The lowest BCUT2D eigenvalue weighted by molar-refractivity contribution is -0.148. The van der Waals surface area contributed by atoms with Crippen LogP contribution in [0.5, 0.6) is 0 Å². The van der Waals surface area contributed by atoms with Crippen LogP contribution in [0.4, 0.5) is 0 Å². The first-order valence-corrected chi connectivity index (χ1v) is 6.17. The van der Waals surface area contributed by atoms with E-state index in [2.05, 4.69) is 4.98 Å². The molecule has 0 radical (unpaired) electrons. The first-order chi connectivity index (χ1) is 9.49. The Balaban J connectivity index is 2.19. The summed E-state index contributed by atoms with van der Waals surface area (Å²) in [6.45, 7) is 1.40. The van der Waals surface area contributed by atoms with Crippen LogP contribution in [0.2, 0.25) is 5.15 Å². The molecule has 7 heteroatoms. The first-order valence-electron chi connectivity index (χ1n) is 5.79. The number of fused-ring (bicyclic) bond motifs is 1. The Morgan fingerprint density at radius 1 is 1.50 bits per heavy atom. The number of hydrogen-bond acceptors (Lipinski definition) is 4. The predicted molar refractivity (Wildman–Crippen MR) is 74.0 cm³/mol. The van der Waals surface area contributed by atoms with Gasteiger partial charge in [-0.15, -0.1) is 0 Å². The number of carbonyl (C=O) groups excluding carboxylic acids is 2. The number of rotatable bonds is 4. The molecule has 20 heavy (non-hydrogen) atoms. The molecule has 0 spiro atoms. The van der Waals surface area contributed by atoms with E-state index >= 15 is 0 Å². The van der Waals surface area contributed by atoms with E-state index in [0.29, 0.717) is 11.3 Å². The number of carbonyl (C=O) groups is 2. The quantitative estimate of drug-likeness (QED) is 0.682. The molecule has 0 fully saturated rings. The topological polar surface area (TPSA) is 86.7 Å². The minimum absolute atomic E-state index is 0.267. The van der Waals surface area contributed by atoms with Crippen LogP contribution in [0.3, 0.4) is 0 Å². The van der Waals surface area contributed by atoms with E-state index in [9.17, 15) is 9.59 Å². The van der Waals surface area contributed by atoms with Gasteiger partial charge in [0.15, 0.2) is 11.3 Å². The van der Waals surface area contributed by atoms with Crippen LogP contribution >= 0.6 is 11.6 Å². The minimum Gasteiger partial charge on any atom is -0.449 e. The molecule has 2 aromatic rings. The van der Waals surface area contributed by atoms with Crippen LogP contribution in [0.1, 0.15) is 12.6 Å². The van der Waals surface area contributed by atoms with Crippen molar-refractivity contribution in [1.29, 1.82) is 0 Å². The number of imidazole rings is 1. The van der Waals surface area contributed by atoms with E-state index in [0.717, 1.165) is 0 Å². The summed E-state index contributed by atoms with van der Waals surface area (Å²) < 4.78 is 6.51. The Labute approximate surface area is 119 Å². The van der Waals surface area contributed by atoms with Crippen LogP contribution in [0.15, 0.2) is 30.5 Å². The van der Waals surface area contributed by atoms with E-state index in [1.807, 2.05) is 12.1 Å². The van der Waals surface area contributed by atoms with Crippen molar-refractivity contribution in [3.05, 3.63) is 41.3 Å². The van der Waals surface area contributed by atoms with Crippen molar-refractivity contribution in [2.45, 2.75) is 13.0 Å². The highest BCUT2D eigenvalue weighted by Gasteiger charge is 2.13. The van der Waals surface area contributed by atoms with Gasteiger partial charge in [-0.3, -0.25) is 9.20 Å². The summed E-state index contributed by atoms with van der Waals surface area (Å²) in [5.74, 6) is -1.39. The molecular formula is C13H12ClN3O3. The van der Waals surface area contributed by atoms with Crippen molar-refractivity contribution >= 4 is 35.2 Å². The summed E-state index contributed by atoms with van der Waals surface area (Å²) in [4.78, 5) is 26.4. The van der Waals surface area contributed by atoms with Gasteiger partial charge in [0.05, 0.1) is 5.69 Å². The molecule has 2 rings (SSSR count). The van der Waals surface area contributed by atoms with Crippen LogP contribution in [-0.2, 0) is 14.3 Å². The summed E-state index contributed by atoms with van der Waals surface area (Å²) >= 11 is 6.00. The Hall–Kier alpha value is -2.34. The third-order valence-corrected chi connectivity index (χ3v) is 2.87. The van der Waals surface area contributed by atoms with Crippen molar-refractivity contribution in [2.75, 3.05) is 0 Å². The van der Waals surface area contributed by atoms with E-state index in [1.54, 1.807) is 16.7 Å². The van der Waals surface area contributed by atoms with Gasteiger partial charge in [0.25, 0.3) is 5.91 Å². The zero-order valence-corrected chi connectivity index (χ0v) is 11.4. The molecular weight excluding hydrogens is 282 g/mol. The molecule has 2 aromatic heterocycles. The fourth-order valence-electron chi connectivity index (χ4n) is 1.55. The molecule has 0 aromatic carbocycles. The molecule has 0 aliphatic carbocycles. The number of aromatic nitrogens is 2. The molecule has 1 amide bonds. The Bertz CT molecular complexity index is 693. The maximum absolute atomic E-state index is 11.5. The number of amides is 1. The smallest absolute Gasteiger partial charge is 0.331 e. The summed E-state index contributed by atoms with van der Waals surface area (Å²) in [6, 6.07) is 5.43. The standard InChI is InChI=1S/C13H12ClN3O3/c1-8(13(15)19)20-11(18)6-5-9-12(14)16-10-4-2-3-7-17(9)10/h2-8H,1H3,(H2,15,19)/b6-5+/t8-/m0/s1. The van der Waals surface area contributed by atoms with Crippen LogP contribution in [0, 0.1) is 0 Å². The van der Waals surface area contributed by atoms with Gasteiger partial charge in [-0.05, 0) is 25.1 Å². The normalized spacial score (nSPS) is 12.7. The first kappa shape index (κ1) is 14.1. The molecule has 0 unspecified atom stereocenters. The number of ether oxygens (including phenoxy) is 1. The average Bonchev–Trinajstić information content (AvgIpc) is 2.71. The van der Waals surface area contributed by atoms with Crippen LogP contribution in [0.25, 0.3) is 11.7 Å². The largest absolute Gasteiger partial charge is 0.449 e. The molecule has 0 bridgehead atoms. The molecule has 0 saturated heterocycles. The molecule has 2 heterocycles. The number of nitrogens with two attached hydrogens (primary N) is 1. The van der Waals surface area contributed by atoms with Crippen molar-refractivity contribution in [3.8, 4) is 0 Å². The summed E-state index contributed by atoms with van der Waals surface area (Å²) in [7, 11) is 0. The fourth-order valence-corrected chi connectivity index (χ4v) is 1.79. The zero-order chi connectivity index (χ0) is 14.7. The molecule has 6 nitrogen and oxygen atoms in total. The maximum atomic E-state index is 11.5. The van der Waals surface area contributed by atoms with Gasteiger partial charge in [0, 0.05) is 12.3 Å². The highest BCUT2D eigenvalue weighted by molar-refractivity contribution is 6.31. The van der Waals surface area contributed by atoms with E-state index in [4.69, 9.17) is 22.1 Å². The van der Waals surface area contributed by atoms with E-state index in [1.165, 1.54) is 19.1 Å². The number of pyridine rings is 1. The summed E-state index contributed by atoms with van der Waals surface area (Å²) in [5.41, 5.74) is 6.21. The number of hydrogen-bond donors (Lipinski definition) is 1. The van der Waals surface area contributed by atoms with E-state index < -0.39 is 18.0 Å². The van der Waals surface area contributed by atoms with Gasteiger partial charge < -0.3 is 10.5 Å². The predicted octanol–water partition coefficient (Wildman–Crippen LogP) is 1.42. The Morgan fingerprint density at radius 3 is 2.95 bits per heavy atom. The third-order valence-electron chi connectivity index (χ3n) is 2.59. The minimum atomic E-state index is -0.982. The van der Waals surface area contributed by atoms with Gasteiger partial charge in [-0.1, -0.05) is 17.7 Å². The third kappa shape index (κ3) is 2.97. The SMILES string of the molecule is C[C@H](OC(=O)/C=C/c1c(Cl)nc2ccccn12)C(N)=O. The molecule has 0 aliphatic heterocycles. The second-order valence-corrected chi connectivity index (χ2v) is 4.39. The number of esters is 1. The highest BCUT2D eigenvalue weighted by Crippen LogP contribution is 2.18. The number of nitrogens with zero attached hydrogens (tertiary/aromatic N) is 2. The zero-order valence-electron chi connectivity index (χ0n) is 10.6. The molecule has 2 N–H and O–H groups in total. The molecule has 0 aliphatic rings. The fraction of sp³-hybridized carbons (Fsp3) is 0.154. The van der Waals surface area contributed by atoms with Crippen LogP contribution in [-0.4, -0.2) is 27.4 Å². The van der Waals surface area contributed by atoms with Gasteiger partial charge >= 0.3 is 5.97 Å².